The molecule has 3 N–H and O–H groups in total. The van der Waals surface area contributed by atoms with Crippen LogP contribution >= 0.6 is 15.9 Å². The fourth-order valence-electron chi connectivity index (χ4n) is 2.32. The first-order valence-electron chi connectivity index (χ1n) is 6.25. The van der Waals surface area contributed by atoms with Gasteiger partial charge in [0.1, 0.15) is 0 Å². The molecule has 1 aromatic carbocycles. The molecule has 106 valence electrons. The number of hydrogen-bond donors (Lipinski definition) is 2. The number of nitrogens with two attached hydrogens (primary N) is 1. The van der Waals surface area contributed by atoms with E-state index in [1.54, 1.807) is 6.07 Å². The van der Waals surface area contributed by atoms with Crippen molar-refractivity contribution in [1.29, 1.82) is 0 Å². The highest BCUT2D eigenvalue weighted by Gasteiger charge is 2.27. The van der Waals surface area contributed by atoms with Crippen molar-refractivity contribution in [2.75, 3.05) is 24.6 Å². The van der Waals surface area contributed by atoms with Crippen LogP contribution in [0.1, 0.15) is 12.5 Å². The Bertz CT molecular complexity index is 459. The minimum atomic E-state index is -0.311. The third-order valence-electron chi connectivity index (χ3n) is 3.23. The first kappa shape index (κ1) is 14.7. The maximum atomic E-state index is 14.3. The first-order valence-corrected chi connectivity index (χ1v) is 7.04. The van der Waals surface area contributed by atoms with Gasteiger partial charge in [0.15, 0.2) is 5.82 Å². The number of nitrogens with zero attached hydrogens (tertiary/aromatic N) is 1. The first-order chi connectivity index (χ1) is 9.06. The summed E-state index contributed by atoms with van der Waals surface area (Å²) in [5.74, 6) is -0.311. The van der Waals surface area contributed by atoms with Crippen molar-refractivity contribution in [3.05, 3.63) is 28.0 Å². The fourth-order valence-corrected chi connectivity index (χ4v) is 2.82. The normalized spacial score (nSPS) is 23.7. The zero-order valence-corrected chi connectivity index (χ0v) is 12.4. The van der Waals surface area contributed by atoms with Crippen molar-refractivity contribution in [2.24, 2.45) is 5.73 Å². The molecule has 4 nitrogen and oxygen atoms in total. The molecule has 0 aromatic heterocycles. The average molecular weight is 333 g/mol. The highest BCUT2D eigenvalue weighted by Crippen LogP contribution is 2.31. The largest absolute Gasteiger partial charge is 0.394 e. The summed E-state index contributed by atoms with van der Waals surface area (Å²) in [5, 5.41) is 9.21. The number of ether oxygens (including phenoxy) is 1. The highest BCUT2D eigenvalue weighted by atomic mass is 79.9. The smallest absolute Gasteiger partial charge is 0.160 e. The summed E-state index contributed by atoms with van der Waals surface area (Å²) in [6.45, 7) is 3.21. The molecule has 0 spiro atoms. The van der Waals surface area contributed by atoms with Gasteiger partial charge < -0.3 is 20.5 Å². The van der Waals surface area contributed by atoms with Gasteiger partial charge in [-0.25, -0.2) is 4.39 Å². The maximum Gasteiger partial charge on any atom is 0.160 e. The summed E-state index contributed by atoms with van der Waals surface area (Å²) in [6.07, 6.45) is -0.325. The quantitative estimate of drug-likeness (QED) is 0.883. The lowest BCUT2D eigenvalue weighted by Gasteiger charge is -2.37. The molecule has 1 fully saturated rings. The van der Waals surface area contributed by atoms with Crippen LogP contribution in [0.2, 0.25) is 0 Å². The fraction of sp³-hybridized carbons (Fsp3) is 0.538. The van der Waals surface area contributed by atoms with Crippen molar-refractivity contribution < 1.29 is 14.2 Å². The predicted molar refractivity (Wildman–Crippen MR) is 75.6 cm³/mol. The Morgan fingerprint density at radius 2 is 2.26 bits per heavy atom. The van der Waals surface area contributed by atoms with E-state index in [4.69, 9.17) is 10.5 Å². The van der Waals surface area contributed by atoms with E-state index in [1.165, 1.54) is 0 Å². The molecule has 0 radical (unpaired) electrons. The summed E-state index contributed by atoms with van der Waals surface area (Å²) >= 11 is 3.24. The molecule has 2 rings (SSSR count). The van der Waals surface area contributed by atoms with Gasteiger partial charge in [-0.2, -0.15) is 0 Å². The van der Waals surface area contributed by atoms with Crippen molar-refractivity contribution in [3.63, 3.8) is 0 Å². The minimum absolute atomic E-state index is 0.0433. The lowest BCUT2D eigenvalue weighted by atomic mass is 10.1. The second-order valence-corrected chi connectivity index (χ2v) is 5.53. The minimum Gasteiger partial charge on any atom is -0.394 e. The Hall–Kier alpha value is -0.690. The number of benzene rings is 1. The van der Waals surface area contributed by atoms with E-state index in [-0.39, 0.29) is 31.2 Å². The van der Waals surface area contributed by atoms with Crippen molar-refractivity contribution >= 4 is 21.6 Å². The standard InChI is InChI=1S/C13H18BrFN2O2/c1-8-5-17(6-10(7-18)19-8)11-3-2-9(4-16)12(14)13(11)15/h2-3,8,10,18H,4-7,16H2,1H3. The maximum absolute atomic E-state index is 14.3. The molecule has 0 aliphatic carbocycles. The molecule has 2 atom stereocenters. The monoisotopic (exact) mass is 332 g/mol. The number of anilines is 1. The highest BCUT2D eigenvalue weighted by molar-refractivity contribution is 9.10. The topological polar surface area (TPSA) is 58.7 Å². The van der Waals surface area contributed by atoms with Crippen LogP contribution in [0.4, 0.5) is 10.1 Å². The number of aliphatic hydroxyl groups is 1. The molecule has 1 aromatic rings. The van der Waals surface area contributed by atoms with Gasteiger partial charge in [0, 0.05) is 19.6 Å². The average Bonchev–Trinajstić information content (AvgIpc) is 2.41. The van der Waals surface area contributed by atoms with E-state index in [1.807, 2.05) is 17.9 Å². The van der Waals surface area contributed by atoms with E-state index >= 15 is 0 Å². The van der Waals surface area contributed by atoms with Crippen LogP contribution in [0.25, 0.3) is 0 Å². The van der Waals surface area contributed by atoms with Gasteiger partial charge in [-0.1, -0.05) is 6.07 Å². The lowest BCUT2D eigenvalue weighted by Crippen LogP contribution is -2.48. The van der Waals surface area contributed by atoms with Gasteiger partial charge in [0.25, 0.3) is 0 Å². The van der Waals surface area contributed by atoms with E-state index in [9.17, 15) is 9.50 Å². The van der Waals surface area contributed by atoms with Crippen LogP contribution < -0.4 is 10.6 Å². The Kier molecular flexibility index (Phi) is 4.78. The zero-order chi connectivity index (χ0) is 14.0. The Morgan fingerprint density at radius 1 is 1.53 bits per heavy atom. The third kappa shape index (κ3) is 3.08. The van der Waals surface area contributed by atoms with Gasteiger partial charge in [0.2, 0.25) is 0 Å². The number of halogens is 2. The molecular formula is C13H18BrFN2O2. The summed E-state index contributed by atoms with van der Waals surface area (Å²) in [7, 11) is 0. The number of aliphatic hydroxyl groups excluding tert-OH is 1. The van der Waals surface area contributed by atoms with Crippen LogP contribution in [0.3, 0.4) is 0 Å². The number of morpholine rings is 1. The molecule has 2 unspecified atom stereocenters. The molecule has 0 saturated carbocycles. The lowest BCUT2D eigenvalue weighted by molar-refractivity contribution is -0.0422. The number of hydrogen-bond acceptors (Lipinski definition) is 4. The van der Waals surface area contributed by atoms with Crippen LogP contribution in [-0.2, 0) is 11.3 Å². The predicted octanol–water partition coefficient (Wildman–Crippen LogP) is 1.63. The van der Waals surface area contributed by atoms with E-state index in [0.29, 0.717) is 23.2 Å². The zero-order valence-electron chi connectivity index (χ0n) is 10.8. The number of rotatable bonds is 3. The second-order valence-electron chi connectivity index (χ2n) is 4.73. The molecule has 0 bridgehead atoms. The summed E-state index contributed by atoms with van der Waals surface area (Å²) in [6, 6.07) is 3.55. The van der Waals surface area contributed by atoms with E-state index in [2.05, 4.69) is 15.9 Å². The Morgan fingerprint density at radius 3 is 2.89 bits per heavy atom. The summed E-state index contributed by atoms with van der Waals surface area (Å²) in [4.78, 5) is 1.90. The van der Waals surface area contributed by atoms with Gasteiger partial charge in [-0.3, -0.25) is 0 Å². The van der Waals surface area contributed by atoms with Crippen LogP contribution in [0.5, 0.6) is 0 Å². The molecule has 1 saturated heterocycles. The molecule has 1 aliphatic rings. The molecule has 1 aliphatic heterocycles. The van der Waals surface area contributed by atoms with Crippen molar-refractivity contribution in [1.82, 2.24) is 0 Å². The van der Waals surface area contributed by atoms with Gasteiger partial charge in [-0.05, 0) is 34.5 Å². The Labute approximate surface area is 120 Å². The van der Waals surface area contributed by atoms with Gasteiger partial charge in [-0.15, -0.1) is 0 Å². The van der Waals surface area contributed by atoms with Crippen LogP contribution in [0.15, 0.2) is 16.6 Å². The van der Waals surface area contributed by atoms with E-state index < -0.39 is 0 Å². The molecule has 1 heterocycles. The molecular weight excluding hydrogens is 315 g/mol. The summed E-state index contributed by atoms with van der Waals surface area (Å²) in [5.41, 5.74) is 6.80. The van der Waals surface area contributed by atoms with Gasteiger partial charge in [0.05, 0.1) is 29.0 Å². The van der Waals surface area contributed by atoms with Crippen LogP contribution in [0, 0.1) is 5.82 Å². The van der Waals surface area contributed by atoms with Crippen molar-refractivity contribution in [3.8, 4) is 0 Å². The Balaban J connectivity index is 2.28. The van der Waals surface area contributed by atoms with Gasteiger partial charge >= 0.3 is 0 Å². The summed E-state index contributed by atoms with van der Waals surface area (Å²) < 4.78 is 20.3. The SMILES string of the molecule is CC1CN(c2ccc(CN)c(Br)c2F)CC(CO)O1. The molecule has 0 amide bonds. The second kappa shape index (κ2) is 6.17. The molecule has 19 heavy (non-hydrogen) atoms. The molecule has 6 heteroatoms. The third-order valence-corrected chi connectivity index (χ3v) is 4.09. The van der Waals surface area contributed by atoms with Crippen LogP contribution in [-0.4, -0.2) is 37.0 Å². The van der Waals surface area contributed by atoms with E-state index in [0.717, 1.165) is 5.56 Å². The van der Waals surface area contributed by atoms with Crippen molar-refractivity contribution in [2.45, 2.75) is 25.7 Å².